The highest BCUT2D eigenvalue weighted by molar-refractivity contribution is 5.75. The van der Waals surface area contributed by atoms with Crippen molar-refractivity contribution in [3.63, 3.8) is 0 Å². The fourth-order valence-electron chi connectivity index (χ4n) is 2.87. The summed E-state index contributed by atoms with van der Waals surface area (Å²) in [4.78, 5) is 11.2. The molecule has 0 bridgehead atoms. The number of aliphatic hydroxyl groups is 1. The molecule has 6 heteroatoms. The van der Waals surface area contributed by atoms with Gasteiger partial charge in [0.05, 0.1) is 24.2 Å². The highest BCUT2D eigenvalue weighted by Crippen LogP contribution is 2.32. The molecule has 3 aromatic heterocycles. The molecule has 1 atom stereocenters. The van der Waals surface area contributed by atoms with Gasteiger partial charge in [0.25, 0.3) is 0 Å². The van der Waals surface area contributed by atoms with E-state index in [9.17, 15) is 5.11 Å². The van der Waals surface area contributed by atoms with E-state index in [2.05, 4.69) is 9.97 Å². The summed E-state index contributed by atoms with van der Waals surface area (Å²) in [6.45, 7) is 1.40. The highest BCUT2D eigenvalue weighted by Gasteiger charge is 2.22. The zero-order valence-corrected chi connectivity index (χ0v) is 12.6. The number of aromatic nitrogens is 2. The van der Waals surface area contributed by atoms with E-state index in [0.29, 0.717) is 29.7 Å². The summed E-state index contributed by atoms with van der Waals surface area (Å²) in [5.74, 6) is 1.96. The minimum absolute atomic E-state index is 0.329. The molecule has 4 heterocycles. The molecule has 0 aliphatic carbocycles. The van der Waals surface area contributed by atoms with Crippen LogP contribution in [0, 0.1) is 0 Å². The van der Waals surface area contributed by atoms with Crippen LogP contribution in [-0.2, 0) is 0 Å². The summed E-state index contributed by atoms with van der Waals surface area (Å²) in [6.07, 6.45) is 6.42. The maximum atomic E-state index is 9.87. The number of rotatable bonds is 3. The van der Waals surface area contributed by atoms with Gasteiger partial charge in [-0.3, -0.25) is 0 Å². The first-order chi connectivity index (χ1) is 11.3. The average Bonchev–Trinajstić information content (AvgIpc) is 3.28. The molecule has 1 aliphatic heterocycles. The summed E-state index contributed by atoms with van der Waals surface area (Å²) >= 11 is 0. The van der Waals surface area contributed by atoms with Gasteiger partial charge in [0, 0.05) is 19.3 Å². The standard InChI is InChI=1S/C17H17N3O3/c21-12-4-1-7-20(11-12)17-18-10-13(14-5-2-8-22-14)16(19-17)15-6-3-9-23-15/h2-3,5-6,8-10,12,21H,1,4,7,11H2. The number of anilines is 1. The van der Waals surface area contributed by atoms with E-state index < -0.39 is 0 Å². The van der Waals surface area contributed by atoms with Crippen molar-refractivity contribution < 1.29 is 13.9 Å². The van der Waals surface area contributed by atoms with Gasteiger partial charge in [-0.05, 0) is 37.1 Å². The molecule has 1 fully saturated rings. The molecule has 1 unspecified atom stereocenters. The largest absolute Gasteiger partial charge is 0.464 e. The summed E-state index contributed by atoms with van der Waals surface area (Å²) in [5, 5.41) is 9.87. The SMILES string of the molecule is OC1CCCN(c2ncc(-c3ccco3)c(-c3ccco3)n2)C1. The summed E-state index contributed by atoms with van der Waals surface area (Å²) in [5.41, 5.74) is 1.47. The Morgan fingerprint density at radius 2 is 1.91 bits per heavy atom. The van der Waals surface area contributed by atoms with Gasteiger partial charge in [-0.2, -0.15) is 0 Å². The van der Waals surface area contributed by atoms with Crippen LogP contribution in [0.3, 0.4) is 0 Å². The third-order valence-corrected chi connectivity index (χ3v) is 4.00. The van der Waals surface area contributed by atoms with Gasteiger partial charge in [-0.1, -0.05) is 0 Å². The van der Waals surface area contributed by atoms with Crippen molar-refractivity contribution in [3.05, 3.63) is 43.0 Å². The monoisotopic (exact) mass is 311 g/mol. The Balaban J connectivity index is 1.77. The zero-order valence-electron chi connectivity index (χ0n) is 12.6. The van der Waals surface area contributed by atoms with E-state index >= 15 is 0 Å². The van der Waals surface area contributed by atoms with E-state index in [4.69, 9.17) is 8.83 Å². The van der Waals surface area contributed by atoms with Crippen LogP contribution in [0.25, 0.3) is 22.8 Å². The second kappa shape index (κ2) is 5.89. The fraction of sp³-hybridized carbons (Fsp3) is 0.294. The Bertz CT molecular complexity index is 768. The predicted molar refractivity (Wildman–Crippen MR) is 84.9 cm³/mol. The van der Waals surface area contributed by atoms with Crippen molar-refractivity contribution in [1.29, 1.82) is 0 Å². The summed E-state index contributed by atoms with van der Waals surface area (Å²) in [6, 6.07) is 7.39. The molecule has 1 saturated heterocycles. The number of aliphatic hydroxyl groups excluding tert-OH is 1. The molecule has 3 aromatic rings. The van der Waals surface area contributed by atoms with Crippen LogP contribution in [0.1, 0.15) is 12.8 Å². The Hall–Kier alpha value is -2.60. The number of nitrogens with zero attached hydrogens (tertiary/aromatic N) is 3. The third kappa shape index (κ3) is 2.73. The van der Waals surface area contributed by atoms with Crippen LogP contribution in [0.5, 0.6) is 0 Å². The highest BCUT2D eigenvalue weighted by atomic mass is 16.3. The predicted octanol–water partition coefficient (Wildman–Crippen LogP) is 2.96. The van der Waals surface area contributed by atoms with Crippen molar-refractivity contribution in [2.24, 2.45) is 0 Å². The number of furan rings is 2. The molecule has 6 nitrogen and oxygen atoms in total. The van der Waals surface area contributed by atoms with Crippen molar-refractivity contribution in [2.45, 2.75) is 18.9 Å². The van der Waals surface area contributed by atoms with Crippen LogP contribution in [0.15, 0.2) is 51.8 Å². The molecule has 1 N–H and O–H groups in total. The molecule has 118 valence electrons. The number of hydrogen-bond acceptors (Lipinski definition) is 6. The van der Waals surface area contributed by atoms with E-state index in [1.54, 1.807) is 18.7 Å². The van der Waals surface area contributed by atoms with Crippen LogP contribution >= 0.6 is 0 Å². The van der Waals surface area contributed by atoms with Gasteiger partial charge < -0.3 is 18.8 Å². The second-order valence-corrected chi connectivity index (χ2v) is 5.63. The summed E-state index contributed by atoms with van der Waals surface area (Å²) < 4.78 is 11.0. The van der Waals surface area contributed by atoms with Gasteiger partial charge in [0.2, 0.25) is 5.95 Å². The molecule has 4 rings (SSSR count). The second-order valence-electron chi connectivity index (χ2n) is 5.63. The molecule has 0 radical (unpaired) electrons. The topological polar surface area (TPSA) is 75.5 Å². The normalized spacial score (nSPS) is 18.3. The van der Waals surface area contributed by atoms with Crippen molar-refractivity contribution in [1.82, 2.24) is 9.97 Å². The minimum Gasteiger partial charge on any atom is -0.464 e. The van der Waals surface area contributed by atoms with E-state index in [0.717, 1.165) is 24.9 Å². The Morgan fingerprint density at radius 1 is 1.13 bits per heavy atom. The molecular weight excluding hydrogens is 294 g/mol. The first kappa shape index (κ1) is 14.0. The number of β-amino-alcohol motifs (C(OH)–C–C–N with tert-alkyl or cyclic N) is 1. The molecule has 0 aromatic carbocycles. The van der Waals surface area contributed by atoms with Gasteiger partial charge >= 0.3 is 0 Å². The van der Waals surface area contributed by atoms with Gasteiger partial charge in [0.1, 0.15) is 11.5 Å². The lowest BCUT2D eigenvalue weighted by molar-refractivity contribution is 0.153. The molecular formula is C17H17N3O3. The van der Waals surface area contributed by atoms with Gasteiger partial charge in [-0.25, -0.2) is 9.97 Å². The van der Waals surface area contributed by atoms with Gasteiger partial charge in [0.15, 0.2) is 5.76 Å². The third-order valence-electron chi connectivity index (χ3n) is 4.00. The number of piperidine rings is 1. The summed E-state index contributed by atoms with van der Waals surface area (Å²) in [7, 11) is 0. The molecule has 23 heavy (non-hydrogen) atoms. The Morgan fingerprint density at radius 3 is 2.61 bits per heavy atom. The number of hydrogen-bond donors (Lipinski definition) is 1. The van der Waals surface area contributed by atoms with Gasteiger partial charge in [-0.15, -0.1) is 0 Å². The van der Waals surface area contributed by atoms with Crippen LogP contribution in [-0.4, -0.2) is 34.3 Å². The maximum absolute atomic E-state index is 9.87. The van der Waals surface area contributed by atoms with E-state index in [-0.39, 0.29) is 6.10 Å². The van der Waals surface area contributed by atoms with Crippen molar-refractivity contribution in [3.8, 4) is 22.8 Å². The lowest BCUT2D eigenvalue weighted by Crippen LogP contribution is -2.39. The molecule has 0 spiro atoms. The molecule has 1 aliphatic rings. The Labute approximate surface area is 133 Å². The van der Waals surface area contributed by atoms with E-state index in [1.807, 2.05) is 29.2 Å². The fourth-order valence-corrected chi connectivity index (χ4v) is 2.87. The molecule has 0 saturated carbocycles. The van der Waals surface area contributed by atoms with Crippen molar-refractivity contribution >= 4 is 5.95 Å². The Kier molecular flexibility index (Phi) is 3.59. The zero-order chi connectivity index (χ0) is 15.6. The quantitative estimate of drug-likeness (QED) is 0.801. The average molecular weight is 311 g/mol. The minimum atomic E-state index is -0.329. The molecule has 0 amide bonds. The van der Waals surface area contributed by atoms with Crippen LogP contribution < -0.4 is 4.90 Å². The van der Waals surface area contributed by atoms with E-state index in [1.165, 1.54) is 0 Å². The smallest absolute Gasteiger partial charge is 0.226 e. The lowest BCUT2D eigenvalue weighted by Gasteiger charge is -2.30. The first-order valence-corrected chi connectivity index (χ1v) is 7.69. The van der Waals surface area contributed by atoms with Crippen LogP contribution in [0.2, 0.25) is 0 Å². The first-order valence-electron chi connectivity index (χ1n) is 7.69. The lowest BCUT2D eigenvalue weighted by atomic mass is 10.1. The van der Waals surface area contributed by atoms with Crippen molar-refractivity contribution in [2.75, 3.05) is 18.0 Å². The maximum Gasteiger partial charge on any atom is 0.226 e. The van der Waals surface area contributed by atoms with Crippen LogP contribution in [0.4, 0.5) is 5.95 Å².